The zero-order chi connectivity index (χ0) is 18.2. The van der Waals surface area contributed by atoms with E-state index in [9.17, 15) is 4.79 Å². The maximum absolute atomic E-state index is 12.8. The first-order chi connectivity index (χ1) is 13.3. The second-order valence-electron chi connectivity index (χ2n) is 7.48. The van der Waals surface area contributed by atoms with Crippen LogP contribution < -0.4 is 5.32 Å². The fourth-order valence-electron chi connectivity index (χ4n) is 4.25. The number of nitrogens with one attached hydrogen (secondary N) is 1. The average molecular weight is 358 g/mol. The van der Waals surface area contributed by atoms with Crippen molar-refractivity contribution in [2.45, 2.75) is 37.6 Å². The van der Waals surface area contributed by atoms with Crippen molar-refractivity contribution in [1.82, 2.24) is 20.1 Å². The molecule has 3 aromatic rings. The zero-order valence-electron chi connectivity index (χ0n) is 15.1. The molecule has 0 spiro atoms. The van der Waals surface area contributed by atoms with E-state index < -0.39 is 0 Å². The van der Waals surface area contributed by atoms with Crippen molar-refractivity contribution in [2.75, 3.05) is 0 Å². The van der Waals surface area contributed by atoms with Crippen molar-refractivity contribution in [2.24, 2.45) is 5.92 Å². The summed E-state index contributed by atoms with van der Waals surface area (Å²) in [6.45, 7) is 0. The van der Waals surface area contributed by atoms with E-state index in [0.29, 0.717) is 5.92 Å². The van der Waals surface area contributed by atoms with Gasteiger partial charge in [0.15, 0.2) is 0 Å². The number of benzene rings is 1. The Balaban J connectivity index is 1.32. The zero-order valence-corrected chi connectivity index (χ0v) is 15.1. The Labute approximate surface area is 158 Å². The van der Waals surface area contributed by atoms with Crippen molar-refractivity contribution in [3.63, 3.8) is 0 Å². The minimum atomic E-state index is 0.0638. The lowest BCUT2D eigenvalue weighted by Crippen LogP contribution is -2.32. The van der Waals surface area contributed by atoms with Gasteiger partial charge in [-0.3, -0.25) is 9.78 Å². The van der Waals surface area contributed by atoms with Crippen LogP contribution in [0.15, 0.2) is 61.1 Å². The van der Waals surface area contributed by atoms with Crippen LogP contribution in [0.5, 0.6) is 0 Å². The lowest BCUT2D eigenvalue weighted by atomic mass is 9.92. The van der Waals surface area contributed by atoms with Crippen LogP contribution >= 0.6 is 0 Å². The molecule has 27 heavy (non-hydrogen) atoms. The van der Waals surface area contributed by atoms with Gasteiger partial charge >= 0.3 is 0 Å². The number of pyridine rings is 1. The molecule has 0 unspecified atom stereocenters. The number of fused-ring (bicyclic) bond motifs is 1. The lowest BCUT2D eigenvalue weighted by Gasteiger charge is -2.24. The Morgan fingerprint density at radius 3 is 2.74 bits per heavy atom. The number of aromatic nitrogens is 3. The molecule has 5 rings (SSSR count). The summed E-state index contributed by atoms with van der Waals surface area (Å²) in [5.41, 5.74) is 4.65. The third kappa shape index (κ3) is 3.03. The van der Waals surface area contributed by atoms with E-state index in [0.717, 1.165) is 36.9 Å². The van der Waals surface area contributed by atoms with Gasteiger partial charge in [0.25, 0.3) is 0 Å². The molecule has 1 aromatic carbocycles. The van der Waals surface area contributed by atoms with Crippen LogP contribution in [-0.4, -0.2) is 20.7 Å². The smallest absolute Gasteiger partial charge is 0.224 e. The molecule has 2 aliphatic rings. The van der Waals surface area contributed by atoms with Crippen LogP contribution in [-0.2, 0) is 11.2 Å². The molecule has 1 fully saturated rings. The third-order valence-corrected chi connectivity index (χ3v) is 5.76. The van der Waals surface area contributed by atoms with Gasteiger partial charge < -0.3 is 5.32 Å². The first-order valence-corrected chi connectivity index (χ1v) is 9.64. The van der Waals surface area contributed by atoms with Gasteiger partial charge in [-0.15, -0.1) is 0 Å². The average Bonchev–Trinajstić information content (AvgIpc) is 3.41. The second-order valence-corrected chi connectivity index (χ2v) is 7.48. The van der Waals surface area contributed by atoms with Crippen LogP contribution in [0.1, 0.15) is 48.0 Å². The normalized spacial score (nSPS) is 23.5. The molecule has 3 atom stereocenters. The highest BCUT2D eigenvalue weighted by Crippen LogP contribution is 2.48. The highest BCUT2D eigenvalue weighted by atomic mass is 16.2. The first-order valence-electron chi connectivity index (χ1n) is 9.64. The standard InChI is InChI=1S/C22H22N4O/c27-22(18-13-17(18)15-5-2-1-3-6-15)25-20-7-4-8-21-19(20)14-24-26(21)16-9-11-23-12-10-16/h1-3,5-6,9-12,14,17-18,20H,4,7-8,13H2,(H,25,27)/t17-,18-,20+/m0/s1. The third-order valence-electron chi connectivity index (χ3n) is 5.76. The highest BCUT2D eigenvalue weighted by molar-refractivity contribution is 5.83. The summed E-state index contributed by atoms with van der Waals surface area (Å²) in [7, 11) is 0. The maximum Gasteiger partial charge on any atom is 0.224 e. The molecular weight excluding hydrogens is 336 g/mol. The number of hydrogen-bond donors (Lipinski definition) is 1. The number of carbonyl (C=O) groups is 1. The fourth-order valence-corrected chi connectivity index (χ4v) is 4.25. The molecule has 1 N–H and O–H groups in total. The van der Waals surface area contributed by atoms with Gasteiger partial charge in [-0.2, -0.15) is 5.10 Å². The molecular formula is C22H22N4O. The van der Waals surface area contributed by atoms with E-state index in [1.807, 2.05) is 41.2 Å². The Bertz CT molecular complexity index is 951. The minimum absolute atomic E-state index is 0.0638. The number of rotatable bonds is 4. The topological polar surface area (TPSA) is 59.8 Å². The van der Waals surface area contributed by atoms with Crippen molar-refractivity contribution < 1.29 is 4.79 Å². The summed E-state index contributed by atoms with van der Waals surface area (Å²) in [5, 5.41) is 7.88. The molecule has 0 radical (unpaired) electrons. The summed E-state index contributed by atoms with van der Waals surface area (Å²) in [5.74, 6) is 0.653. The van der Waals surface area contributed by atoms with E-state index in [2.05, 4.69) is 27.5 Å². The molecule has 136 valence electrons. The predicted octanol–water partition coefficient (Wildman–Crippen LogP) is 3.56. The Morgan fingerprint density at radius 1 is 1.11 bits per heavy atom. The van der Waals surface area contributed by atoms with E-state index in [1.54, 1.807) is 12.4 Å². The number of carbonyl (C=O) groups excluding carboxylic acids is 1. The Hall–Kier alpha value is -2.95. The first kappa shape index (κ1) is 16.2. The van der Waals surface area contributed by atoms with Crippen molar-refractivity contribution in [3.05, 3.63) is 77.9 Å². The monoisotopic (exact) mass is 358 g/mol. The molecule has 1 saturated carbocycles. The largest absolute Gasteiger partial charge is 0.349 e. The van der Waals surface area contributed by atoms with Crippen LogP contribution in [0.2, 0.25) is 0 Å². The van der Waals surface area contributed by atoms with Gasteiger partial charge in [0.2, 0.25) is 5.91 Å². The molecule has 2 heterocycles. The van der Waals surface area contributed by atoms with Crippen molar-refractivity contribution in [1.29, 1.82) is 0 Å². The Kier molecular flexibility index (Phi) is 4.00. The number of nitrogens with zero attached hydrogens (tertiary/aromatic N) is 3. The maximum atomic E-state index is 12.8. The number of hydrogen-bond acceptors (Lipinski definition) is 3. The van der Waals surface area contributed by atoms with E-state index >= 15 is 0 Å². The summed E-state index contributed by atoms with van der Waals surface area (Å²) >= 11 is 0. The van der Waals surface area contributed by atoms with Gasteiger partial charge in [0.1, 0.15) is 0 Å². The van der Waals surface area contributed by atoms with Gasteiger partial charge in [-0.25, -0.2) is 4.68 Å². The van der Waals surface area contributed by atoms with E-state index in [1.165, 1.54) is 11.3 Å². The van der Waals surface area contributed by atoms with E-state index in [4.69, 9.17) is 0 Å². The number of amides is 1. The minimum Gasteiger partial charge on any atom is -0.349 e. The summed E-state index contributed by atoms with van der Waals surface area (Å²) < 4.78 is 1.99. The molecule has 5 nitrogen and oxygen atoms in total. The Morgan fingerprint density at radius 2 is 1.93 bits per heavy atom. The van der Waals surface area contributed by atoms with Crippen LogP contribution in [0.25, 0.3) is 5.69 Å². The SMILES string of the molecule is O=C(N[C@@H]1CCCc2c1cnn2-c1ccncc1)[C@H]1C[C@H]1c1ccccc1. The summed E-state index contributed by atoms with van der Waals surface area (Å²) in [4.78, 5) is 16.9. The molecule has 0 aliphatic heterocycles. The molecule has 1 amide bonds. The molecule has 2 aromatic heterocycles. The quantitative estimate of drug-likeness (QED) is 0.776. The molecule has 0 bridgehead atoms. The van der Waals surface area contributed by atoms with Gasteiger partial charge in [0.05, 0.1) is 17.9 Å². The van der Waals surface area contributed by atoms with Crippen LogP contribution in [0.3, 0.4) is 0 Å². The predicted molar refractivity (Wildman–Crippen MR) is 102 cm³/mol. The highest BCUT2D eigenvalue weighted by Gasteiger charge is 2.44. The fraction of sp³-hybridized carbons (Fsp3) is 0.318. The van der Waals surface area contributed by atoms with Gasteiger partial charge in [-0.05, 0) is 49.3 Å². The van der Waals surface area contributed by atoms with Gasteiger partial charge in [0, 0.05) is 29.6 Å². The van der Waals surface area contributed by atoms with Gasteiger partial charge in [-0.1, -0.05) is 30.3 Å². The molecule has 5 heteroatoms. The van der Waals surface area contributed by atoms with Crippen LogP contribution in [0, 0.1) is 5.92 Å². The summed E-state index contributed by atoms with van der Waals surface area (Å²) in [6.07, 6.45) is 9.45. The molecule has 0 saturated heterocycles. The lowest BCUT2D eigenvalue weighted by molar-refractivity contribution is -0.123. The van der Waals surface area contributed by atoms with Crippen LogP contribution in [0.4, 0.5) is 0 Å². The molecule has 2 aliphatic carbocycles. The van der Waals surface area contributed by atoms with Crippen molar-refractivity contribution in [3.8, 4) is 5.69 Å². The summed E-state index contributed by atoms with van der Waals surface area (Å²) in [6, 6.07) is 14.3. The van der Waals surface area contributed by atoms with Crippen molar-refractivity contribution >= 4 is 5.91 Å². The van der Waals surface area contributed by atoms with E-state index in [-0.39, 0.29) is 17.9 Å². The second kappa shape index (κ2) is 6.65.